The Labute approximate surface area is 79.7 Å². The summed E-state index contributed by atoms with van der Waals surface area (Å²) in [6.45, 7) is 6.73. The summed E-state index contributed by atoms with van der Waals surface area (Å²) in [7, 11) is 1.29. The van der Waals surface area contributed by atoms with Crippen LogP contribution in [0.2, 0.25) is 0 Å². The van der Waals surface area contributed by atoms with E-state index in [0.29, 0.717) is 0 Å². The van der Waals surface area contributed by atoms with Crippen LogP contribution in [0.5, 0.6) is 0 Å². The predicted molar refractivity (Wildman–Crippen MR) is 56.4 cm³/mol. The second kappa shape index (κ2) is 2.81. The number of hydrogen-bond donors (Lipinski definition) is 0. The molecule has 0 atom stereocenters. The van der Waals surface area contributed by atoms with E-state index < -0.39 is 0 Å². The topological polar surface area (TPSA) is 17.3 Å². The lowest BCUT2D eigenvalue weighted by molar-refractivity contribution is 0.602. The van der Waals surface area contributed by atoms with Crippen molar-refractivity contribution >= 4 is 13.4 Å². The van der Waals surface area contributed by atoms with Gasteiger partial charge in [-0.05, 0) is 13.6 Å². The van der Waals surface area contributed by atoms with Crippen LogP contribution in [0.1, 0.15) is 26.1 Å². The third kappa shape index (κ3) is 1.59. The molecule has 0 aliphatic carbocycles. The molecule has 0 aromatic carbocycles. The molecule has 0 fully saturated rings. The second-order valence-electron chi connectivity index (χ2n) is 4.22. The van der Waals surface area contributed by atoms with Crippen molar-refractivity contribution < 1.29 is 0 Å². The normalized spacial score (nSPS) is 12.8. The summed E-state index contributed by atoms with van der Waals surface area (Å²) in [5.74, 6) is 0. The van der Waals surface area contributed by atoms with Crippen molar-refractivity contribution in [2.75, 3.05) is 0 Å². The van der Waals surface area contributed by atoms with E-state index in [2.05, 4.69) is 36.4 Å². The summed E-state index contributed by atoms with van der Waals surface area (Å²) in [5, 5.41) is 2.70. The van der Waals surface area contributed by atoms with Crippen LogP contribution in [0, 0.1) is 0 Å². The van der Waals surface area contributed by atoms with E-state index in [1.807, 2.05) is 18.6 Å². The van der Waals surface area contributed by atoms with Gasteiger partial charge in [0.05, 0.1) is 11.4 Å². The van der Waals surface area contributed by atoms with Crippen LogP contribution in [-0.4, -0.2) is 9.38 Å². The largest absolute Gasteiger partial charge is 0.317 e. The smallest absolute Gasteiger partial charge is 0.0912 e. The Balaban J connectivity index is 2.63. The number of rotatable bonds is 0. The van der Waals surface area contributed by atoms with Gasteiger partial charge < -0.3 is 4.40 Å². The molecule has 0 saturated carbocycles. The van der Waals surface area contributed by atoms with Crippen LogP contribution < -0.4 is 0 Å². The van der Waals surface area contributed by atoms with Crippen LogP contribution >= 0.6 is 8.19 Å². The van der Waals surface area contributed by atoms with E-state index in [1.54, 1.807) is 0 Å². The molecule has 0 unspecified atom stereocenters. The molecule has 0 radical (unpaired) electrons. The average molecular weight is 192 g/mol. The Morgan fingerprint density at radius 3 is 2.77 bits per heavy atom. The van der Waals surface area contributed by atoms with Crippen LogP contribution in [0.4, 0.5) is 0 Å². The molecular weight excluding hydrogens is 179 g/mol. The van der Waals surface area contributed by atoms with E-state index in [4.69, 9.17) is 0 Å². The zero-order chi connectivity index (χ0) is 9.47. The van der Waals surface area contributed by atoms with Crippen molar-refractivity contribution in [1.29, 1.82) is 0 Å². The Bertz CT molecular complexity index is 393. The highest BCUT2D eigenvalue weighted by atomic mass is 31.0. The zero-order valence-corrected chi connectivity index (χ0v) is 9.05. The quantitative estimate of drug-likeness (QED) is 0.626. The van der Waals surface area contributed by atoms with E-state index in [1.165, 1.54) is 18.7 Å². The van der Waals surface area contributed by atoms with Crippen molar-refractivity contribution in [1.82, 2.24) is 9.38 Å². The van der Waals surface area contributed by atoms with Gasteiger partial charge in [-0.15, -0.1) is 0 Å². The van der Waals surface area contributed by atoms with Gasteiger partial charge in [-0.1, -0.05) is 20.8 Å². The molecule has 0 N–H and O–H groups in total. The summed E-state index contributed by atoms with van der Waals surface area (Å²) in [4.78, 5) is 4.11. The highest BCUT2D eigenvalue weighted by Gasteiger charge is 2.15. The van der Waals surface area contributed by atoms with Gasteiger partial charge in [-0.25, -0.2) is 0 Å². The van der Waals surface area contributed by atoms with Crippen molar-refractivity contribution in [3.8, 4) is 0 Å². The fourth-order valence-corrected chi connectivity index (χ4v) is 2.33. The maximum atomic E-state index is 4.11. The van der Waals surface area contributed by atoms with Gasteiger partial charge in [0.25, 0.3) is 0 Å². The van der Waals surface area contributed by atoms with Crippen LogP contribution in [0.25, 0.3) is 5.25 Å². The van der Waals surface area contributed by atoms with Gasteiger partial charge >= 0.3 is 0 Å². The van der Waals surface area contributed by atoms with Crippen LogP contribution in [0.3, 0.4) is 0 Å². The standard InChI is InChI=1S/C10H13N2P/c1-10(2,3)8-7-12-5-4-11-6-9(12)13-8/h4-7H,1-3H3. The molecule has 2 rings (SSSR count). The molecule has 0 saturated heterocycles. The van der Waals surface area contributed by atoms with Gasteiger partial charge in [0, 0.05) is 23.9 Å². The van der Waals surface area contributed by atoms with Crippen molar-refractivity contribution in [3.63, 3.8) is 0 Å². The van der Waals surface area contributed by atoms with Crippen LogP contribution in [0.15, 0.2) is 24.8 Å². The summed E-state index contributed by atoms with van der Waals surface area (Å²) in [6.07, 6.45) is 7.96. The fraction of sp³-hybridized carbons (Fsp3) is 0.400. The minimum atomic E-state index is 0.258. The Hall–Kier alpha value is -0.880. The lowest BCUT2D eigenvalue weighted by Crippen LogP contribution is -2.07. The SMILES string of the molecule is CC(C)(C)c1cn2ccncc2p1. The van der Waals surface area contributed by atoms with E-state index in [9.17, 15) is 0 Å². The fourth-order valence-electron chi connectivity index (χ4n) is 1.20. The second-order valence-corrected chi connectivity index (χ2v) is 5.38. The summed E-state index contributed by atoms with van der Waals surface area (Å²) in [6, 6.07) is 0. The molecule has 0 spiro atoms. The van der Waals surface area contributed by atoms with Gasteiger partial charge in [0.2, 0.25) is 0 Å². The minimum Gasteiger partial charge on any atom is -0.317 e. The number of aromatic nitrogens is 2. The molecule has 3 heteroatoms. The Morgan fingerprint density at radius 1 is 1.38 bits per heavy atom. The first-order valence-electron chi connectivity index (χ1n) is 4.36. The molecular formula is C10H13N2P. The first-order chi connectivity index (χ1) is 6.07. The number of nitrogens with zero attached hydrogens (tertiary/aromatic N) is 2. The minimum absolute atomic E-state index is 0.258. The molecule has 0 amide bonds. The lowest BCUT2D eigenvalue weighted by Gasteiger charge is -2.14. The van der Waals surface area contributed by atoms with Gasteiger partial charge in [0.15, 0.2) is 0 Å². The summed E-state index contributed by atoms with van der Waals surface area (Å²) in [5.41, 5.74) is 0.258. The molecule has 68 valence electrons. The van der Waals surface area contributed by atoms with Gasteiger partial charge in [0.1, 0.15) is 0 Å². The van der Waals surface area contributed by atoms with Gasteiger partial charge in [-0.3, -0.25) is 4.98 Å². The predicted octanol–water partition coefficient (Wildman–Crippen LogP) is 3.21. The van der Waals surface area contributed by atoms with Crippen molar-refractivity contribution in [2.45, 2.75) is 26.2 Å². The van der Waals surface area contributed by atoms with Gasteiger partial charge in [-0.2, -0.15) is 0 Å². The summed E-state index contributed by atoms with van der Waals surface area (Å²) >= 11 is 0. The maximum absolute atomic E-state index is 4.11. The monoisotopic (exact) mass is 192 g/mol. The highest BCUT2D eigenvalue weighted by Crippen LogP contribution is 2.33. The molecule has 13 heavy (non-hydrogen) atoms. The number of hydrogen-bond acceptors (Lipinski definition) is 1. The first kappa shape index (κ1) is 8.71. The lowest BCUT2D eigenvalue weighted by atomic mass is 9.95. The zero-order valence-electron chi connectivity index (χ0n) is 8.15. The highest BCUT2D eigenvalue weighted by molar-refractivity contribution is 7.36. The maximum Gasteiger partial charge on any atom is 0.0912 e. The van der Waals surface area contributed by atoms with E-state index >= 15 is 0 Å². The first-order valence-corrected chi connectivity index (χ1v) is 5.26. The molecule has 2 aromatic rings. The van der Waals surface area contributed by atoms with E-state index in [0.717, 1.165) is 0 Å². The molecule has 0 aliphatic rings. The Morgan fingerprint density at radius 2 is 2.15 bits per heavy atom. The molecule has 0 bridgehead atoms. The third-order valence-corrected chi connectivity index (χ3v) is 3.64. The molecule has 2 nitrogen and oxygen atoms in total. The molecule has 2 aromatic heterocycles. The average Bonchev–Trinajstić information content (AvgIpc) is 2.45. The Kier molecular flexibility index (Phi) is 1.88. The van der Waals surface area contributed by atoms with Crippen LogP contribution in [-0.2, 0) is 5.41 Å². The summed E-state index contributed by atoms with van der Waals surface area (Å²) < 4.78 is 2.15. The third-order valence-electron chi connectivity index (χ3n) is 2.03. The molecule has 0 aliphatic heterocycles. The van der Waals surface area contributed by atoms with Crippen molar-refractivity contribution in [3.05, 3.63) is 30.1 Å². The van der Waals surface area contributed by atoms with E-state index in [-0.39, 0.29) is 5.41 Å². The number of fused-ring (bicyclic) bond motifs is 1. The molecule has 2 heterocycles. The van der Waals surface area contributed by atoms with Crippen molar-refractivity contribution in [2.24, 2.45) is 0 Å².